The van der Waals surface area contributed by atoms with Gasteiger partial charge in [-0.25, -0.2) is 9.59 Å². The maximum Gasteiger partial charge on any atom is 0.337 e. The van der Waals surface area contributed by atoms with Gasteiger partial charge in [-0.3, -0.25) is 4.79 Å². The fourth-order valence-electron chi connectivity index (χ4n) is 1.47. The largest absolute Gasteiger partial charge is 0.465 e. The molecule has 0 unspecified atom stereocenters. The van der Waals surface area contributed by atoms with Gasteiger partial charge in [0.15, 0.2) is 0 Å². The van der Waals surface area contributed by atoms with Crippen molar-refractivity contribution >= 4 is 17.8 Å². The van der Waals surface area contributed by atoms with Crippen LogP contribution in [-0.4, -0.2) is 31.4 Å². The molecule has 0 spiro atoms. The van der Waals surface area contributed by atoms with Crippen molar-refractivity contribution in [3.8, 4) is 0 Å². The first-order chi connectivity index (χ1) is 9.52. The molecule has 1 aromatic carbocycles. The average Bonchev–Trinajstić information content (AvgIpc) is 2.44. The van der Waals surface area contributed by atoms with Crippen LogP contribution in [0.4, 0.5) is 4.79 Å². The highest BCUT2D eigenvalue weighted by Crippen LogP contribution is 2.05. The molecule has 2 amide bonds. The Morgan fingerprint density at radius 1 is 1.10 bits per heavy atom. The molecule has 0 aliphatic heterocycles. The minimum Gasteiger partial charge on any atom is -0.465 e. The van der Waals surface area contributed by atoms with E-state index in [1.807, 2.05) is 0 Å². The third kappa shape index (κ3) is 5.51. The second-order valence-corrected chi connectivity index (χ2v) is 4.25. The second kappa shape index (κ2) is 7.93. The van der Waals surface area contributed by atoms with E-state index in [1.165, 1.54) is 14.0 Å². The van der Waals surface area contributed by atoms with Crippen molar-refractivity contribution in [2.45, 2.75) is 19.9 Å². The van der Waals surface area contributed by atoms with Gasteiger partial charge in [0.05, 0.1) is 12.7 Å². The van der Waals surface area contributed by atoms with Crippen molar-refractivity contribution in [3.05, 3.63) is 35.4 Å². The molecule has 108 valence electrons. The van der Waals surface area contributed by atoms with Crippen molar-refractivity contribution < 1.29 is 19.1 Å². The number of amides is 2. The summed E-state index contributed by atoms with van der Waals surface area (Å²) in [5, 5.41) is 5.24. The van der Waals surface area contributed by atoms with E-state index in [2.05, 4.69) is 15.4 Å². The molecule has 1 aromatic rings. The lowest BCUT2D eigenvalue weighted by Gasteiger charge is -2.07. The summed E-state index contributed by atoms with van der Waals surface area (Å²) in [5.41, 5.74) is 1.32. The number of urea groups is 1. The first-order valence-corrected chi connectivity index (χ1v) is 6.21. The summed E-state index contributed by atoms with van der Waals surface area (Å²) in [6.07, 6.45) is 0.321. The smallest absolute Gasteiger partial charge is 0.337 e. The molecule has 0 atom stereocenters. The number of carbonyl (C=O) groups excluding carboxylic acids is 3. The quantitative estimate of drug-likeness (QED) is 0.767. The Morgan fingerprint density at radius 2 is 1.75 bits per heavy atom. The number of methoxy groups -OCH3 is 1. The molecule has 2 N–H and O–H groups in total. The summed E-state index contributed by atoms with van der Waals surface area (Å²) < 4.78 is 4.59. The fraction of sp³-hybridized carbons (Fsp3) is 0.357. The minimum absolute atomic E-state index is 0.0312. The number of esters is 1. The zero-order chi connectivity index (χ0) is 15.0. The topological polar surface area (TPSA) is 84.5 Å². The number of benzene rings is 1. The van der Waals surface area contributed by atoms with E-state index in [0.29, 0.717) is 25.1 Å². The molecule has 0 aliphatic rings. The van der Waals surface area contributed by atoms with Gasteiger partial charge >= 0.3 is 12.0 Å². The number of rotatable bonds is 6. The lowest BCUT2D eigenvalue weighted by molar-refractivity contribution is -0.116. The summed E-state index contributed by atoms with van der Waals surface area (Å²) in [7, 11) is 1.32. The lowest BCUT2D eigenvalue weighted by atomic mass is 10.1. The first-order valence-electron chi connectivity index (χ1n) is 6.21. The van der Waals surface area contributed by atoms with Crippen LogP contribution >= 0.6 is 0 Å². The van der Waals surface area contributed by atoms with Crippen LogP contribution in [0.5, 0.6) is 0 Å². The molecule has 0 heterocycles. The summed E-state index contributed by atoms with van der Waals surface area (Å²) in [6, 6.07) is 6.42. The first kappa shape index (κ1) is 15.7. The van der Waals surface area contributed by atoms with E-state index < -0.39 is 5.97 Å². The summed E-state index contributed by atoms with van der Waals surface area (Å²) >= 11 is 0. The molecule has 0 saturated carbocycles. The van der Waals surface area contributed by atoms with Crippen LogP contribution in [0.25, 0.3) is 0 Å². The zero-order valence-corrected chi connectivity index (χ0v) is 11.6. The van der Waals surface area contributed by atoms with Gasteiger partial charge < -0.3 is 15.4 Å². The van der Waals surface area contributed by atoms with Crippen LogP contribution in [-0.2, 0) is 16.1 Å². The van der Waals surface area contributed by atoms with Crippen molar-refractivity contribution in [1.82, 2.24) is 10.6 Å². The number of nitrogens with one attached hydrogen (secondary N) is 2. The van der Waals surface area contributed by atoms with Crippen LogP contribution < -0.4 is 10.6 Å². The molecular formula is C14H18N2O4. The maximum atomic E-state index is 11.4. The van der Waals surface area contributed by atoms with Crippen molar-refractivity contribution in [2.24, 2.45) is 0 Å². The van der Waals surface area contributed by atoms with Gasteiger partial charge in [-0.05, 0) is 24.6 Å². The standard InChI is InChI=1S/C14H18N2O4/c1-10(17)7-8-15-14(19)16-9-11-3-5-12(6-4-11)13(18)20-2/h3-6H,7-9H2,1-2H3,(H2,15,16,19). The molecular weight excluding hydrogens is 260 g/mol. The highest BCUT2D eigenvalue weighted by Gasteiger charge is 2.05. The monoisotopic (exact) mass is 278 g/mol. The maximum absolute atomic E-state index is 11.4. The van der Waals surface area contributed by atoms with Gasteiger partial charge in [0.25, 0.3) is 0 Å². The van der Waals surface area contributed by atoms with Gasteiger partial charge in [-0.1, -0.05) is 12.1 Å². The van der Waals surface area contributed by atoms with E-state index in [-0.39, 0.29) is 11.8 Å². The highest BCUT2D eigenvalue weighted by atomic mass is 16.5. The molecule has 0 fully saturated rings. The molecule has 6 nitrogen and oxygen atoms in total. The van der Waals surface area contributed by atoms with Gasteiger partial charge in [-0.15, -0.1) is 0 Å². The van der Waals surface area contributed by atoms with Crippen LogP contribution in [0.1, 0.15) is 29.3 Å². The second-order valence-electron chi connectivity index (χ2n) is 4.25. The number of hydrogen-bond acceptors (Lipinski definition) is 4. The predicted molar refractivity (Wildman–Crippen MR) is 73.3 cm³/mol. The van der Waals surface area contributed by atoms with Gasteiger partial charge in [0.1, 0.15) is 5.78 Å². The summed E-state index contributed by atoms with van der Waals surface area (Å²) in [4.78, 5) is 33.4. The Labute approximate surface area is 117 Å². The summed E-state index contributed by atoms with van der Waals surface area (Å²) in [6.45, 7) is 2.14. The van der Waals surface area contributed by atoms with Crippen LogP contribution in [0, 0.1) is 0 Å². The zero-order valence-electron chi connectivity index (χ0n) is 11.6. The SMILES string of the molecule is COC(=O)c1ccc(CNC(=O)NCCC(C)=O)cc1. The van der Waals surface area contributed by atoms with E-state index in [4.69, 9.17) is 0 Å². The minimum atomic E-state index is -0.397. The van der Waals surface area contributed by atoms with Gasteiger partial charge in [0.2, 0.25) is 0 Å². The van der Waals surface area contributed by atoms with E-state index in [9.17, 15) is 14.4 Å². The molecule has 0 radical (unpaired) electrons. The Balaban J connectivity index is 2.36. The number of carbonyl (C=O) groups is 3. The molecule has 20 heavy (non-hydrogen) atoms. The van der Waals surface area contributed by atoms with E-state index in [1.54, 1.807) is 24.3 Å². The average molecular weight is 278 g/mol. The van der Waals surface area contributed by atoms with Crippen LogP contribution in [0.2, 0.25) is 0 Å². The van der Waals surface area contributed by atoms with E-state index >= 15 is 0 Å². The molecule has 6 heteroatoms. The van der Waals surface area contributed by atoms with Crippen molar-refractivity contribution in [1.29, 1.82) is 0 Å². The fourth-order valence-corrected chi connectivity index (χ4v) is 1.47. The van der Waals surface area contributed by atoms with Crippen molar-refractivity contribution in [3.63, 3.8) is 0 Å². The van der Waals surface area contributed by atoms with Crippen LogP contribution in [0.3, 0.4) is 0 Å². The van der Waals surface area contributed by atoms with Gasteiger partial charge in [-0.2, -0.15) is 0 Å². The van der Waals surface area contributed by atoms with Crippen molar-refractivity contribution in [2.75, 3.05) is 13.7 Å². The molecule has 0 bridgehead atoms. The lowest BCUT2D eigenvalue weighted by Crippen LogP contribution is -2.36. The molecule has 1 rings (SSSR count). The Kier molecular flexibility index (Phi) is 6.22. The highest BCUT2D eigenvalue weighted by molar-refractivity contribution is 5.89. The van der Waals surface area contributed by atoms with Crippen LogP contribution in [0.15, 0.2) is 24.3 Å². The number of Topliss-reactive ketones (excluding diaryl/α,β-unsaturated/α-hetero) is 1. The normalized spacial score (nSPS) is 9.70. The Morgan fingerprint density at radius 3 is 2.30 bits per heavy atom. The Bertz CT molecular complexity index is 482. The number of hydrogen-bond donors (Lipinski definition) is 2. The Hall–Kier alpha value is -2.37. The van der Waals surface area contributed by atoms with E-state index in [0.717, 1.165) is 5.56 Å². The molecule has 0 aliphatic carbocycles. The van der Waals surface area contributed by atoms with Gasteiger partial charge in [0, 0.05) is 19.5 Å². The molecule has 0 saturated heterocycles. The summed E-state index contributed by atoms with van der Waals surface area (Å²) in [5.74, 6) is -0.366. The third-order valence-electron chi connectivity index (χ3n) is 2.59. The molecule has 0 aromatic heterocycles. The number of ketones is 1. The number of ether oxygens (including phenoxy) is 1. The predicted octanol–water partition coefficient (Wildman–Crippen LogP) is 1.25. The third-order valence-corrected chi connectivity index (χ3v) is 2.59.